The molecular weight excluding hydrogens is 212 g/mol. The number of unbranched alkanes of at least 4 members (excludes halogenated alkanes) is 1. The Bertz CT molecular complexity index is 277. The molecule has 0 saturated heterocycles. The molecule has 0 aromatic heterocycles. The summed E-state index contributed by atoms with van der Waals surface area (Å²) in [7, 11) is -3.04. The van der Waals surface area contributed by atoms with Crippen molar-refractivity contribution >= 4 is 10.0 Å². The minimum atomic E-state index is -3.04. The Morgan fingerprint density at radius 1 is 1.40 bits per heavy atom. The molecule has 15 heavy (non-hydrogen) atoms. The van der Waals surface area contributed by atoms with Gasteiger partial charge in [-0.2, -0.15) is 0 Å². The highest BCUT2D eigenvalue weighted by Gasteiger charge is 2.22. The van der Waals surface area contributed by atoms with Crippen molar-refractivity contribution in [3.05, 3.63) is 0 Å². The monoisotopic (exact) mass is 234 g/mol. The minimum absolute atomic E-state index is 0.252. The van der Waals surface area contributed by atoms with Crippen LogP contribution in [0.1, 0.15) is 39.0 Å². The Morgan fingerprint density at radius 3 is 2.67 bits per heavy atom. The maximum atomic E-state index is 11.5. The lowest BCUT2D eigenvalue weighted by atomic mass is 10.1. The van der Waals surface area contributed by atoms with Gasteiger partial charge in [0.2, 0.25) is 10.0 Å². The van der Waals surface area contributed by atoms with Crippen LogP contribution in [0.2, 0.25) is 0 Å². The average Bonchev–Trinajstić information content (AvgIpc) is 2.59. The molecule has 5 heteroatoms. The van der Waals surface area contributed by atoms with E-state index in [1.54, 1.807) is 0 Å². The van der Waals surface area contributed by atoms with Crippen molar-refractivity contribution in [3.63, 3.8) is 0 Å². The van der Waals surface area contributed by atoms with Crippen LogP contribution in [-0.2, 0) is 10.0 Å². The smallest absolute Gasteiger partial charge is 0.211 e. The molecule has 0 aliphatic heterocycles. The van der Waals surface area contributed by atoms with Crippen LogP contribution in [0.15, 0.2) is 0 Å². The maximum Gasteiger partial charge on any atom is 0.211 e. The van der Waals surface area contributed by atoms with Crippen molar-refractivity contribution in [2.45, 2.75) is 45.1 Å². The van der Waals surface area contributed by atoms with Gasteiger partial charge >= 0.3 is 0 Å². The number of nitrogens with two attached hydrogens (primary N) is 1. The van der Waals surface area contributed by atoms with Crippen molar-refractivity contribution in [1.29, 1.82) is 0 Å². The van der Waals surface area contributed by atoms with Crippen molar-refractivity contribution in [1.82, 2.24) is 4.72 Å². The number of nitrogens with one attached hydrogen (secondary N) is 1. The third kappa shape index (κ3) is 4.95. The maximum absolute atomic E-state index is 11.5. The topological polar surface area (TPSA) is 72.2 Å². The molecule has 0 radical (unpaired) electrons. The Kier molecular flexibility index (Phi) is 5.02. The summed E-state index contributed by atoms with van der Waals surface area (Å²) in [5.74, 6) is 0.693. The Labute approximate surface area is 92.7 Å². The summed E-state index contributed by atoms with van der Waals surface area (Å²) in [5, 5.41) is 0. The molecule has 0 spiro atoms. The SMILES string of the molecule is CCCCS(=O)(=O)NC[C@@H]1CC[C@H](N)C1. The van der Waals surface area contributed by atoms with Crippen LogP contribution in [-0.4, -0.2) is 26.8 Å². The summed E-state index contributed by atoms with van der Waals surface area (Å²) >= 11 is 0. The van der Waals surface area contributed by atoms with Crippen LogP contribution in [0.5, 0.6) is 0 Å². The van der Waals surface area contributed by atoms with E-state index in [4.69, 9.17) is 5.73 Å². The Hall–Kier alpha value is -0.130. The second-order valence-corrected chi connectivity index (χ2v) is 6.39. The van der Waals surface area contributed by atoms with E-state index in [1.807, 2.05) is 6.92 Å². The summed E-state index contributed by atoms with van der Waals surface area (Å²) in [6.45, 7) is 2.56. The highest BCUT2D eigenvalue weighted by molar-refractivity contribution is 7.89. The van der Waals surface area contributed by atoms with E-state index < -0.39 is 10.0 Å². The van der Waals surface area contributed by atoms with E-state index in [0.717, 1.165) is 32.1 Å². The molecule has 2 atom stereocenters. The normalized spacial score (nSPS) is 27.1. The number of hydrogen-bond donors (Lipinski definition) is 2. The van der Waals surface area contributed by atoms with E-state index in [0.29, 0.717) is 12.5 Å². The second kappa shape index (κ2) is 5.82. The molecule has 0 heterocycles. The highest BCUT2D eigenvalue weighted by atomic mass is 32.2. The molecule has 0 aromatic rings. The van der Waals surface area contributed by atoms with Crippen LogP contribution in [0.25, 0.3) is 0 Å². The minimum Gasteiger partial charge on any atom is -0.328 e. The zero-order valence-electron chi connectivity index (χ0n) is 9.41. The van der Waals surface area contributed by atoms with Crippen molar-refractivity contribution < 1.29 is 8.42 Å². The lowest BCUT2D eigenvalue weighted by Gasteiger charge is -2.11. The molecule has 1 rings (SSSR count). The first-order valence-corrected chi connectivity index (χ1v) is 7.41. The van der Waals surface area contributed by atoms with Crippen LogP contribution in [0.3, 0.4) is 0 Å². The molecule has 0 aromatic carbocycles. The van der Waals surface area contributed by atoms with Crippen molar-refractivity contribution in [2.24, 2.45) is 11.7 Å². The largest absolute Gasteiger partial charge is 0.328 e. The van der Waals surface area contributed by atoms with Crippen LogP contribution < -0.4 is 10.5 Å². The van der Waals surface area contributed by atoms with Crippen molar-refractivity contribution in [2.75, 3.05) is 12.3 Å². The summed E-state index contributed by atoms with van der Waals surface area (Å²) in [6.07, 6.45) is 4.68. The average molecular weight is 234 g/mol. The van der Waals surface area contributed by atoms with Crippen LogP contribution in [0, 0.1) is 5.92 Å². The third-order valence-corrected chi connectivity index (χ3v) is 4.37. The second-order valence-electron chi connectivity index (χ2n) is 4.46. The number of rotatable bonds is 6. The summed E-state index contributed by atoms with van der Waals surface area (Å²) in [5.41, 5.74) is 5.77. The van der Waals surface area contributed by atoms with Gasteiger partial charge in [0.15, 0.2) is 0 Å². The molecule has 1 saturated carbocycles. The quantitative estimate of drug-likeness (QED) is 0.715. The molecule has 0 amide bonds. The van der Waals surface area contributed by atoms with Gasteiger partial charge in [-0.3, -0.25) is 0 Å². The van der Waals surface area contributed by atoms with Gasteiger partial charge in [0.05, 0.1) is 5.75 Å². The number of hydrogen-bond acceptors (Lipinski definition) is 3. The fourth-order valence-corrected chi connectivity index (χ4v) is 3.25. The predicted molar refractivity (Wildman–Crippen MR) is 62.0 cm³/mol. The molecule has 4 nitrogen and oxygen atoms in total. The van der Waals surface area contributed by atoms with Gasteiger partial charge < -0.3 is 5.73 Å². The summed E-state index contributed by atoms with van der Waals surface area (Å²) in [6, 6.07) is 0.273. The molecule has 1 aliphatic carbocycles. The van der Waals surface area contributed by atoms with Crippen molar-refractivity contribution in [3.8, 4) is 0 Å². The summed E-state index contributed by atoms with van der Waals surface area (Å²) in [4.78, 5) is 0. The first kappa shape index (κ1) is 12.9. The van der Waals surface area contributed by atoms with Gasteiger partial charge in [-0.25, -0.2) is 13.1 Å². The zero-order chi connectivity index (χ0) is 11.3. The van der Waals surface area contributed by atoms with Crippen LogP contribution >= 0.6 is 0 Å². The molecule has 0 bridgehead atoms. The zero-order valence-corrected chi connectivity index (χ0v) is 10.2. The Balaban J connectivity index is 2.24. The standard InChI is InChI=1S/C10H22N2O2S/c1-2-3-6-15(13,14)12-8-9-4-5-10(11)7-9/h9-10,12H,2-8,11H2,1H3/t9-,10+/m1/s1. The molecular formula is C10H22N2O2S. The fraction of sp³-hybridized carbons (Fsp3) is 1.00. The van der Waals surface area contributed by atoms with E-state index in [1.165, 1.54) is 0 Å². The Morgan fingerprint density at radius 2 is 2.13 bits per heavy atom. The van der Waals surface area contributed by atoms with Gasteiger partial charge in [0, 0.05) is 12.6 Å². The molecule has 0 unspecified atom stereocenters. The van der Waals surface area contributed by atoms with E-state index in [9.17, 15) is 8.42 Å². The number of sulfonamides is 1. The van der Waals surface area contributed by atoms with E-state index >= 15 is 0 Å². The fourth-order valence-electron chi connectivity index (χ4n) is 1.95. The third-order valence-electron chi connectivity index (χ3n) is 2.94. The van der Waals surface area contributed by atoms with Gasteiger partial charge in [-0.1, -0.05) is 13.3 Å². The lowest BCUT2D eigenvalue weighted by Crippen LogP contribution is -2.31. The lowest BCUT2D eigenvalue weighted by molar-refractivity contribution is 0.511. The predicted octanol–water partition coefficient (Wildman–Crippen LogP) is 0.833. The first-order chi connectivity index (χ1) is 7.03. The molecule has 1 aliphatic rings. The van der Waals surface area contributed by atoms with Gasteiger partial charge in [0.1, 0.15) is 0 Å². The first-order valence-electron chi connectivity index (χ1n) is 5.76. The van der Waals surface area contributed by atoms with Gasteiger partial charge in [-0.05, 0) is 31.6 Å². The van der Waals surface area contributed by atoms with E-state index in [2.05, 4.69) is 4.72 Å². The van der Waals surface area contributed by atoms with E-state index in [-0.39, 0.29) is 11.8 Å². The molecule has 1 fully saturated rings. The highest BCUT2D eigenvalue weighted by Crippen LogP contribution is 2.23. The molecule has 3 N–H and O–H groups in total. The molecule has 90 valence electrons. The van der Waals surface area contributed by atoms with Gasteiger partial charge in [-0.15, -0.1) is 0 Å². The van der Waals surface area contributed by atoms with Crippen LogP contribution in [0.4, 0.5) is 0 Å². The van der Waals surface area contributed by atoms with Gasteiger partial charge in [0.25, 0.3) is 0 Å². The summed E-state index contributed by atoms with van der Waals surface area (Å²) < 4.78 is 25.6.